The van der Waals surface area contributed by atoms with Crippen LogP contribution in [0.4, 0.5) is 0 Å². The van der Waals surface area contributed by atoms with Crippen LogP contribution in [-0.4, -0.2) is 14.4 Å². The van der Waals surface area contributed by atoms with Crippen LogP contribution in [0.15, 0.2) is 41.1 Å². The van der Waals surface area contributed by atoms with Crippen LogP contribution in [-0.2, 0) is 4.79 Å². The maximum absolute atomic E-state index is 11.7. The number of rotatable bonds is 2. The third-order valence-electron chi connectivity index (χ3n) is 2.33. The van der Waals surface area contributed by atoms with Crippen LogP contribution in [0.1, 0.15) is 0 Å². The average molecular weight is 346 g/mol. The molecule has 0 fully saturated rings. The lowest BCUT2D eigenvalue weighted by Gasteiger charge is -2.25. The Labute approximate surface area is 128 Å². The molecule has 96 valence electrons. The van der Waals surface area contributed by atoms with E-state index < -0.39 is 14.4 Å². The number of alkyl halides is 4. The summed E-state index contributed by atoms with van der Waals surface area (Å²) in [6, 6.07) is 8.56. The molecule has 0 radical (unpaired) electrons. The molecule has 1 aliphatic carbocycles. The van der Waals surface area contributed by atoms with Crippen molar-refractivity contribution in [3.05, 3.63) is 41.1 Å². The van der Waals surface area contributed by atoms with Gasteiger partial charge in [-0.25, -0.2) is 0 Å². The highest BCUT2D eigenvalue weighted by atomic mass is 35.5. The van der Waals surface area contributed by atoms with E-state index >= 15 is 0 Å². The molecule has 0 unspecified atom stereocenters. The number of ether oxygens (including phenoxy) is 1. The third kappa shape index (κ3) is 2.10. The zero-order valence-corrected chi connectivity index (χ0v) is 12.4. The molecule has 0 heterocycles. The minimum atomic E-state index is -2.07. The Bertz CT molecular complexity index is 521. The maximum Gasteiger partial charge on any atom is 0.221 e. The van der Waals surface area contributed by atoms with Crippen molar-refractivity contribution in [2.24, 2.45) is 0 Å². The summed E-state index contributed by atoms with van der Waals surface area (Å²) in [7, 11) is 0. The number of para-hydroxylation sites is 1. The van der Waals surface area contributed by atoms with Crippen LogP contribution in [0.25, 0.3) is 0 Å². The molecule has 0 aromatic heterocycles. The van der Waals surface area contributed by atoms with Gasteiger partial charge in [-0.3, -0.25) is 4.79 Å². The van der Waals surface area contributed by atoms with E-state index in [1.54, 1.807) is 30.3 Å². The molecule has 0 saturated carbocycles. The first-order valence-electron chi connectivity index (χ1n) is 4.72. The van der Waals surface area contributed by atoms with Crippen molar-refractivity contribution in [3.63, 3.8) is 0 Å². The minimum Gasteiger partial charge on any atom is -0.457 e. The lowest BCUT2D eigenvalue weighted by molar-refractivity contribution is -0.115. The Morgan fingerprint density at radius 1 is 0.944 bits per heavy atom. The number of halogens is 5. The molecule has 1 aromatic carbocycles. The molecule has 0 N–H and O–H groups in total. The molecule has 0 atom stereocenters. The summed E-state index contributed by atoms with van der Waals surface area (Å²) < 4.78 is 1.39. The zero-order valence-electron chi connectivity index (χ0n) is 8.59. The largest absolute Gasteiger partial charge is 0.457 e. The molecular weight excluding hydrogens is 341 g/mol. The summed E-state index contributed by atoms with van der Waals surface area (Å²) in [6.45, 7) is 0. The summed E-state index contributed by atoms with van der Waals surface area (Å²) in [5, 5.41) is -0.311. The van der Waals surface area contributed by atoms with Crippen molar-refractivity contribution < 1.29 is 9.53 Å². The topological polar surface area (TPSA) is 26.3 Å². The van der Waals surface area contributed by atoms with Gasteiger partial charge in [0.25, 0.3) is 0 Å². The lowest BCUT2D eigenvalue weighted by atomic mass is 10.3. The fourth-order valence-electron chi connectivity index (χ4n) is 1.38. The Kier molecular flexibility index (Phi) is 3.79. The first-order valence-corrected chi connectivity index (χ1v) is 6.61. The number of carbonyl (C=O) groups excluding carboxylic acids is 1. The number of hydrogen-bond donors (Lipinski definition) is 0. The predicted molar refractivity (Wildman–Crippen MR) is 73.8 cm³/mol. The highest BCUT2D eigenvalue weighted by Crippen LogP contribution is 2.56. The fourth-order valence-corrected chi connectivity index (χ4v) is 2.69. The quantitative estimate of drug-likeness (QED) is 0.740. The summed E-state index contributed by atoms with van der Waals surface area (Å²) in [5.41, 5.74) is 0. The van der Waals surface area contributed by atoms with E-state index in [4.69, 9.17) is 62.7 Å². The molecule has 0 saturated heterocycles. The molecule has 0 spiro atoms. The first-order chi connectivity index (χ1) is 8.28. The van der Waals surface area contributed by atoms with Gasteiger partial charge in [0.05, 0.1) is 0 Å². The second-order valence-corrected chi connectivity index (χ2v) is 6.57. The summed E-state index contributed by atoms with van der Waals surface area (Å²) >= 11 is 29.4. The highest BCUT2D eigenvalue weighted by Gasteiger charge is 2.64. The van der Waals surface area contributed by atoms with Crippen LogP contribution < -0.4 is 4.74 Å². The number of hydrogen-bond acceptors (Lipinski definition) is 2. The van der Waals surface area contributed by atoms with Gasteiger partial charge in [-0.2, -0.15) is 0 Å². The van der Waals surface area contributed by atoms with Gasteiger partial charge in [0, 0.05) is 0 Å². The fraction of sp³-hybridized carbons (Fsp3) is 0.182. The van der Waals surface area contributed by atoms with Gasteiger partial charge in [0.15, 0.2) is 5.76 Å². The van der Waals surface area contributed by atoms with E-state index in [9.17, 15) is 4.79 Å². The van der Waals surface area contributed by atoms with Gasteiger partial charge in [-0.1, -0.05) is 76.2 Å². The van der Waals surface area contributed by atoms with Gasteiger partial charge in [0.1, 0.15) is 10.8 Å². The second-order valence-electron chi connectivity index (χ2n) is 3.54. The van der Waals surface area contributed by atoms with E-state index in [1.807, 2.05) is 0 Å². The van der Waals surface area contributed by atoms with Crippen molar-refractivity contribution in [1.82, 2.24) is 0 Å². The van der Waals surface area contributed by atoms with Crippen molar-refractivity contribution in [2.75, 3.05) is 0 Å². The van der Waals surface area contributed by atoms with Crippen LogP contribution in [0.5, 0.6) is 5.75 Å². The molecular formula is C11H5Cl5O2. The number of benzene rings is 1. The molecule has 2 rings (SSSR count). The van der Waals surface area contributed by atoms with E-state index in [1.165, 1.54) is 0 Å². The first kappa shape index (κ1) is 14.3. The van der Waals surface area contributed by atoms with Crippen LogP contribution in [0, 0.1) is 0 Å². The predicted octanol–water partition coefficient (Wildman–Crippen LogP) is 4.45. The SMILES string of the molecule is O=C1C(Cl)=C(Oc2ccccc2)C(Cl)(Cl)C1(Cl)Cl. The van der Waals surface area contributed by atoms with E-state index in [0.29, 0.717) is 5.75 Å². The Balaban J connectivity index is 2.41. The van der Waals surface area contributed by atoms with Crippen molar-refractivity contribution in [3.8, 4) is 5.75 Å². The van der Waals surface area contributed by atoms with Gasteiger partial charge >= 0.3 is 0 Å². The zero-order chi connectivity index (χ0) is 13.6. The molecule has 0 amide bonds. The minimum absolute atomic E-state index is 0.172. The summed E-state index contributed by atoms with van der Waals surface area (Å²) in [6.07, 6.45) is 0. The second kappa shape index (κ2) is 4.77. The number of allylic oxidation sites excluding steroid dienone is 2. The molecule has 2 nitrogen and oxygen atoms in total. The average Bonchev–Trinajstić information content (AvgIpc) is 2.44. The van der Waals surface area contributed by atoms with E-state index in [-0.39, 0.29) is 10.8 Å². The molecule has 1 aromatic rings. The number of Topliss-reactive ketones (excluding diaryl/α,β-unsaturated/α-hetero) is 1. The van der Waals surface area contributed by atoms with Crippen LogP contribution in [0.2, 0.25) is 0 Å². The molecule has 0 bridgehead atoms. The van der Waals surface area contributed by atoms with E-state index in [2.05, 4.69) is 0 Å². The highest BCUT2D eigenvalue weighted by molar-refractivity contribution is 6.75. The third-order valence-corrected chi connectivity index (χ3v) is 4.88. The molecule has 7 heteroatoms. The number of carbonyl (C=O) groups is 1. The monoisotopic (exact) mass is 344 g/mol. The van der Waals surface area contributed by atoms with Crippen molar-refractivity contribution in [1.29, 1.82) is 0 Å². The van der Waals surface area contributed by atoms with E-state index in [0.717, 1.165) is 0 Å². The van der Waals surface area contributed by atoms with Gasteiger partial charge in [-0.05, 0) is 12.1 Å². The normalized spacial score (nSPS) is 21.3. The standard InChI is InChI=1S/C11H5Cl5O2/c12-7-8(17)10(13,14)11(15,16)9(7)18-6-4-2-1-3-5-6/h1-5H. The maximum atomic E-state index is 11.7. The number of ketones is 1. The molecule has 0 aliphatic heterocycles. The van der Waals surface area contributed by atoms with Crippen LogP contribution in [0.3, 0.4) is 0 Å². The van der Waals surface area contributed by atoms with Crippen molar-refractivity contribution >= 4 is 63.8 Å². The van der Waals surface area contributed by atoms with Crippen LogP contribution >= 0.6 is 58.0 Å². The Morgan fingerprint density at radius 2 is 1.50 bits per heavy atom. The smallest absolute Gasteiger partial charge is 0.221 e. The Hall–Kier alpha value is -0.120. The molecule has 18 heavy (non-hydrogen) atoms. The summed E-state index contributed by atoms with van der Waals surface area (Å²) in [4.78, 5) is 11.7. The lowest BCUT2D eigenvalue weighted by Crippen LogP contribution is -2.39. The van der Waals surface area contributed by atoms with Crippen molar-refractivity contribution in [2.45, 2.75) is 8.67 Å². The Morgan fingerprint density at radius 3 is 1.94 bits per heavy atom. The molecule has 1 aliphatic rings. The van der Waals surface area contributed by atoms with Gasteiger partial charge in [-0.15, -0.1) is 0 Å². The van der Waals surface area contributed by atoms with Gasteiger partial charge < -0.3 is 4.74 Å². The summed E-state index contributed by atoms with van der Waals surface area (Å²) in [5.74, 6) is -0.549. The van der Waals surface area contributed by atoms with Gasteiger partial charge in [0.2, 0.25) is 14.4 Å².